The molecule has 0 aliphatic heterocycles. The Labute approximate surface area is 271 Å². The summed E-state index contributed by atoms with van der Waals surface area (Å²) in [5.41, 5.74) is 15.7. The van der Waals surface area contributed by atoms with Crippen LogP contribution >= 0.6 is 11.6 Å². The Hall–Kier alpha value is -5.37. The highest BCUT2D eigenvalue weighted by molar-refractivity contribution is 6.34. The van der Waals surface area contributed by atoms with Crippen LogP contribution < -0.4 is 0 Å². The number of halogens is 1. The van der Waals surface area contributed by atoms with Crippen LogP contribution in [0.5, 0.6) is 0 Å². The SMILES string of the molecule is Clc1cccc2c1-c1ccc3c(oc4ccccc43)c1C21c2ccccc2C2(c3ccccc3-c3ccccc32)c2ccccc21. The maximum atomic E-state index is 7.21. The third-order valence-corrected chi connectivity index (χ3v) is 11.3. The van der Waals surface area contributed by atoms with Gasteiger partial charge in [-0.25, -0.2) is 0 Å². The number of fused-ring (bicyclic) bond motifs is 20. The van der Waals surface area contributed by atoms with E-state index in [1.807, 2.05) is 6.07 Å². The van der Waals surface area contributed by atoms with Crippen molar-refractivity contribution in [2.45, 2.75) is 10.8 Å². The first-order valence-electron chi connectivity index (χ1n) is 15.9. The molecule has 7 aromatic carbocycles. The third kappa shape index (κ3) is 2.62. The zero-order valence-electron chi connectivity index (χ0n) is 24.7. The summed E-state index contributed by atoms with van der Waals surface area (Å²) < 4.78 is 6.91. The number of rotatable bonds is 0. The molecule has 1 aromatic heterocycles. The Balaban J connectivity index is 1.40. The summed E-state index contributed by atoms with van der Waals surface area (Å²) in [6.07, 6.45) is 0. The van der Waals surface area contributed by atoms with Crippen LogP contribution in [0.1, 0.15) is 44.5 Å². The van der Waals surface area contributed by atoms with Crippen LogP contribution in [-0.2, 0) is 10.8 Å². The van der Waals surface area contributed by atoms with Crippen LogP contribution in [0.15, 0.2) is 156 Å². The molecule has 11 rings (SSSR count). The van der Waals surface area contributed by atoms with Crippen molar-refractivity contribution in [3.8, 4) is 22.3 Å². The lowest BCUT2D eigenvalue weighted by Gasteiger charge is -2.48. The highest BCUT2D eigenvalue weighted by Gasteiger charge is 2.59. The van der Waals surface area contributed by atoms with E-state index in [1.54, 1.807) is 0 Å². The van der Waals surface area contributed by atoms with Crippen molar-refractivity contribution in [1.29, 1.82) is 0 Å². The molecule has 3 aliphatic rings. The fourth-order valence-electron chi connectivity index (χ4n) is 9.55. The van der Waals surface area contributed by atoms with Gasteiger partial charge in [0.1, 0.15) is 11.2 Å². The van der Waals surface area contributed by atoms with Crippen molar-refractivity contribution < 1.29 is 4.42 Å². The number of hydrogen-bond acceptors (Lipinski definition) is 1. The van der Waals surface area contributed by atoms with Gasteiger partial charge in [0.2, 0.25) is 0 Å². The van der Waals surface area contributed by atoms with E-state index in [-0.39, 0.29) is 0 Å². The molecular formula is C44H25ClO. The summed E-state index contributed by atoms with van der Waals surface area (Å²) in [6, 6.07) is 55.6. The van der Waals surface area contributed by atoms with Crippen molar-refractivity contribution in [3.05, 3.63) is 201 Å². The molecule has 1 nitrogen and oxygen atoms in total. The lowest BCUT2D eigenvalue weighted by Crippen LogP contribution is -2.43. The average Bonchev–Trinajstić information content (AvgIpc) is 3.74. The van der Waals surface area contributed by atoms with Gasteiger partial charge in [-0.15, -0.1) is 0 Å². The van der Waals surface area contributed by atoms with E-state index in [0.29, 0.717) is 0 Å². The summed E-state index contributed by atoms with van der Waals surface area (Å²) in [5, 5.41) is 3.02. The monoisotopic (exact) mass is 604 g/mol. The summed E-state index contributed by atoms with van der Waals surface area (Å²) in [5.74, 6) is 0. The second kappa shape index (κ2) is 8.46. The van der Waals surface area contributed by atoms with E-state index in [9.17, 15) is 0 Å². The van der Waals surface area contributed by atoms with E-state index in [4.69, 9.17) is 16.0 Å². The molecule has 0 unspecified atom stereocenters. The first-order valence-corrected chi connectivity index (χ1v) is 16.3. The second-order valence-electron chi connectivity index (χ2n) is 12.8. The maximum Gasteiger partial charge on any atom is 0.140 e. The van der Waals surface area contributed by atoms with Crippen LogP contribution in [0.2, 0.25) is 5.02 Å². The van der Waals surface area contributed by atoms with E-state index < -0.39 is 10.8 Å². The van der Waals surface area contributed by atoms with Gasteiger partial charge in [0.25, 0.3) is 0 Å². The maximum absolute atomic E-state index is 7.21. The van der Waals surface area contributed by atoms with Gasteiger partial charge in [0, 0.05) is 26.9 Å². The normalized spacial score (nSPS) is 15.4. The largest absolute Gasteiger partial charge is 0.456 e. The smallest absolute Gasteiger partial charge is 0.140 e. The molecule has 46 heavy (non-hydrogen) atoms. The Morgan fingerprint density at radius 2 is 0.913 bits per heavy atom. The van der Waals surface area contributed by atoms with Gasteiger partial charge >= 0.3 is 0 Å². The van der Waals surface area contributed by atoms with Crippen LogP contribution in [-0.4, -0.2) is 0 Å². The van der Waals surface area contributed by atoms with Gasteiger partial charge < -0.3 is 4.42 Å². The molecule has 0 bridgehead atoms. The zero-order valence-corrected chi connectivity index (χ0v) is 25.5. The predicted molar refractivity (Wildman–Crippen MR) is 187 cm³/mol. The molecule has 0 radical (unpaired) electrons. The molecule has 0 amide bonds. The highest BCUT2D eigenvalue weighted by atomic mass is 35.5. The minimum atomic E-state index is -0.645. The van der Waals surface area contributed by atoms with Crippen molar-refractivity contribution in [1.82, 2.24) is 0 Å². The quantitative estimate of drug-likeness (QED) is 0.168. The number of furan rings is 1. The molecule has 2 heteroatoms. The molecule has 8 aromatic rings. The standard InChI is InChI=1S/C44H25ClO/c45-38-22-11-21-37-40(38)30-25-24-29-28-14-3-10-23-39(28)46-42(29)41(30)44(37)35-19-8-6-17-33(35)43(34-18-7-9-20-36(34)44)31-15-4-1-12-26(31)27-13-2-5-16-32(27)43/h1-25H. The Kier molecular flexibility index (Phi) is 4.58. The van der Waals surface area contributed by atoms with Crippen LogP contribution in [0.25, 0.3) is 44.2 Å². The Morgan fingerprint density at radius 1 is 0.391 bits per heavy atom. The first-order chi connectivity index (χ1) is 22.8. The van der Waals surface area contributed by atoms with E-state index in [1.165, 1.54) is 55.6 Å². The average molecular weight is 605 g/mol. The summed E-state index contributed by atoms with van der Waals surface area (Å²) in [7, 11) is 0. The topological polar surface area (TPSA) is 13.1 Å². The molecule has 214 valence electrons. The predicted octanol–water partition coefficient (Wildman–Crippen LogP) is 11.3. The molecule has 0 fully saturated rings. The lowest BCUT2D eigenvalue weighted by molar-refractivity contribution is 0.614. The van der Waals surface area contributed by atoms with Gasteiger partial charge in [-0.05, 0) is 73.8 Å². The molecule has 2 spiro atoms. The molecule has 0 atom stereocenters. The minimum Gasteiger partial charge on any atom is -0.456 e. The molecule has 0 saturated carbocycles. The van der Waals surface area contributed by atoms with Gasteiger partial charge in [-0.2, -0.15) is 0 Å². The summed E-state index contributed by atoms with van der Waals surface area (Å²) >= 11 is 7.21. The molecule has 0 N–H and O–H groups in total. The van der Waals surface area contributed by atoms with Crippen molar-refractivity contribution >= 4 is 33.5 Å². The van der Waals surface area contributed by atoms with Crippen LogP contribution in [0.4, 0.5) is 0 Å². The number of benzene rings is 7. The summed E-state index contributed by atoms with van der Waals surface area (Å²) in [6.45, 7) is 0. The van der Waals surface area contributed by atoms with Crippen molar-refractivity contribution in [2.75, 3.05) is 0 Å². The number of para-hydroxylation sites is 1. The van der Waals surface area contributed by atoms with Crippen molar-refractivity contribution in [2.24, 2.45) is 0 Å². The van der Waals surface area contributed by atoms with Crippen LogP contribution in [0.3, 0.4) is 0 Å². The Bertz CT molecular complexity index is 2530. The minimum absolute atomic E-state index is 0.477. The van der Waals surface area contributed by atoms with E-state index >= 15 is 0 Å². The molecular weight excluding hydrogens is 580 g/mol. The molecule has 3 aliphatic carbocycles. The second-order valence-corrected chi connectivity index (χ2v) is 13.2. The van der Waals surface area contributed by atoms with Gasteiger partial charge in [0.15, 0.2) is 0 Å². The van der Waals surface area contributed by atoms with Gasteiger partial charge in [-0.3, -0.25) is 0 Å². The fourth-order valence-corrected chi connectivity index (χ4v) is 9.83. The summed E-state index contributed by atoms with van der Waals surface area (Å²) in [4.78, 5) is 0. The van der Waals surface area contributed by atoms with E-state index in [0.717, 1.165) is 38.1 Å². The van der Waals surface area contributed by atoms with E-state index in [2.05, 4.69) is 146 Å². The van der Waals surface area contributed by atoms with Gasteiger partial charge in [0.05, 0.1) is 10.8 Å². The highest BCUT2D eigenvalue weighted by Crippen LogP contribution is 2.68. The third-order valence-electron chi connectivity index (χ3n) is 11.0. The van der Waals surface area contributed by atoms with Gasteiger partial charge in [-0.1, -0.05) is 145 Å². The fraction of sp³-hybridized carbons (Fsp3) is 0.0455. The number of hydrogen-bond donors (Lipinski definition) is 0. The lowest BCUT2D eigenvalue weighted by atomic mass is 9.52. The Morgan fingerprint density at radius 3 is 1.57 bits per heavy atom. The van der Waals surface area contributed by atoms with Crippen LogP contribution in [0, 0.1) is 0 Å². The molecule has 0 saturated heterocycles. The first kappa shape index (κ1) is 24.9. The zero-order chi connectivity index (χ0) is 30.2. The molecule has 1 heterocycles. The van der Waals surface area contributed by atoms with Crippen molar-refractivity contribution in [3.63, 3.8) is 0 Å².